The number of pyridine rings is 1. The van der Waals surface area contributed by atoms with Gasteiger partial charge in [-0.1, -0.05) is 6.92 Å². The number of hydrazine groups is 1. The fourth-order valence-corrected chi connectivity index (χ4v) is 4.45. The molecule has 5 rings (SSSR count). The number of carbonyl (C=O) groups excluding carboxylic acids is 1. The number of rotatable bonds is 8. The minimum atomic E-state index is -0.636. The van der Waals surface area contributed by atoms with E-state index in [1.165, 1.54) is 16.8 Å². The smallest absolute Gasteiger partial charge is 0.276 e. The van der Waals surface area contributed by atoms with Crippen molar-refractivity contribution in [1.82, 2.24) is 30.3 Å². The number of hydrogen-bond donors (Lipinski definition) is 3. The number of carbonyl (C=O) groups is 1. The summed E-state index contributed by atoms with van der Waals surface area (Å²) in [7, 11) is 0. The molecule has 0 saturated heterocycles. The van der Waals surface area contributed by atoms with Crippen molar-refractivity contribution in [2.45, 2.75) is 63.6 Å². The van der Waals surface area contributed by atoms with Gasteiger partial charge < -0.3 is 10.6 Å². The molecular weight excluding hydrogens is 423 g/mol. The molecule has 2 aliphatic rings. The average molecular weight is 453 g/mol. The number of aromatic nitrogens is 4. The second-order valence-electron chi connectivity index (χ2n) is 8.76. The van der Waals surface area contributed by atoms with Crippen LogP contribution in [0.4, 0.5) is 15.9 Å². The predicted molar refractivity (Wildman–Crippen MR) is 123 cm³/mol. The Labute approximate surface area is 191 Å². The molecule has 0 bridgehead atoms. The zero-order chi connectivity index (χ0) is 22.8. The van der Waals surface area contributed by atoms with Gasteiger partial charge in [0, 0.05) is 42.1 Å². The second-order valence-corrected chi connectivity index (χ2v) is 8.76. The summed E-state index contributed by atoms with van der Waals surface area (Å²) in [5.74, 6) is -0.561. The van der Waals surface area contributed by atoms with Crippen LogP contribution in [0.5, 0.6) is 0 Å². The SMILES string of the molecule is CCNC1CCC(N(NC2CC2)c2cc(NC(=O)c3cnc4cccnn34)cc(F)n2)CC1. The van der Waals surface area contributed by atoms with Gasteiger partial charge in [-0.25, -0.2) is 19.9 Å². The number of amides is 1. The summed E-state index contributed by atoms with van der Waals surface area (Å²) in [5, 5.41) is 12.5. The van der Waals surface area contributed by atoms with E-state index in [1.54, 1.807) is 24.4 Å². The third-order valence-corrected chi connectivity index (χ3v) is 6.25. The molecular formula is C23H29FN8O. The number of halogens is 1. The first-order valence-electron chi connectivity index (χ1n) is 11.7. The summed E-state index contributed by atoms with van der Waals surface area (Å²) < 4.78 is 16.0. The molecule has 33 heavy (non-hydrogen) atoms. The van der Waals surface area contributed by atoms with Crippen LogP contribution in [0.15, 0.2) is 36.7 Å². The monoisotopic (exact) mass is 452 g/mol. The Hall–Kier alpha value is -3.11. The number of nitrogens with one attached hydrogen (secondary N) is 3. The van der Waals surface area contributed by atoms with Gasteiger partial charge in [0.25, 0.3) is 5.91 Å². The van der Waals surface area contributed by atoms with E-state index in [-0.39, 0.29) is 11.7 Å². The first kappa shape index (κ1) is 21.7. The van der Waals surface area contributed by atoms with E-state index >= 15 is 0 Å². The van der Waals surface area contributed by atoms with Gasteiger partial charge in [-0.05, 0) is 57.2 Å². The molecule has 0 atom stereocenters. The maximum atomic E-state index is 14.6. The van der Waals surface area contributed by atoms with Crippen molar-refractivity contribution < 1.29 is 9.18 Å². The van der Waals surface area contributed by atoms with Crippen LogP contribution in [0.1, 0.15) is 55.9 Å². The van der Waals surface area contributed by atoms with Crippen LogP contribution < -0.4 is 21.1 Å². The Morgan fingerprint density at radius 1 is 1.18 bits per heavy atom. The van der Waals surface area contributed by atoms with Crippen LogP contribution in [-0.4, -0.2) is 50.2 Å². The maximum absolute atomic E-state index is 14.6. The summed E-state index contributed by atoms with van der Waals surface area (Å²) in [4.78, 5) is 21.2. The third-order valence-electron chi connectivity index (χ3n) is 6.25. The van der Waals surface area contributed by atoms with Gasteiger partial charge in [-0.2, -0.15) is 9.49 Å². The molecule has 0 radical (unpaired) electrons. The van der Waals surface area contributed by atoms with Gasteiger partial charge in [0.05, 0.1) is 6.20 Å². The second kappa shape index (κ2) is 9.40. The largest absolute Gasteiger partial charge is 0.320 e. The Morgan fingerprint density at radius 3 is 2.73 bits per heavy atom. The minimum Gasteiger partial charge on any atom is -0.320 e. The molecule has 10 heteroatoms. The Bertz CT molecular complexity index is 1120. The maximum Gasteiger partial charge on any atom is 0.276 e. The predicted octanol–water partition coefficient (Wildman–Crippen LogP) is 2.91. The van der Waals surface area contributed by atoms with E-state index in [9.17, 15) is 9.18 Å². The molecule has 3 aromatic heterocycles. The van der Waals surface area contributed by atoms with Gasteiger partial charge >= 0.3 is 0 Å². The zero-order valence-electron chi connectivity index (χ0n) is 18.7. The quantitative estimate of drug-likeness (QED) is 0.357. The van der Waals surface area contributed by atoms with Crippen molar-refractivity contribution >= 4 is 23.1 Å². The van der Waals surface area contributed by atoms with Gasteiger partial charge in [0.1, 0.15) is 5.82 Å². The number of anilines is 2. The fourth-order valence-electron chi connectivity index (χ4n) is 4.45. The standard InChI is InChI=1S/C23H29FN8O/c1-2-25-15-7-9-18(10-8-15)31(30-16-5-6-16)22-13-17(12-20(24)29-22)28-23(33)19-14-26-21-4-3-11-27-32(19)21/h3-4,11-16,18,25,30H,2,5-10H2,1H3,(H,28,29,33). The normalized spacial score (nSPS) is 20.7. The molecule has 2 fully saturated rings. The molecule has 9 nitrogen and oxygen atoms in total. The molecule has 3 heterocycles. The number of nitrogens with zero attached hydrogens (tertiary/aromatic N) is 5. The van der Waals surface area contributed by atoms with Crippen molar-refractivity contribution in [2.24, 2.45) is 0 Å². The van der Waals surface area contributed by atoms with E-state index in [4.69, 9.17) is 0 Å². The van der Waals surface area contributed by atoms with E-state index < -0.39 is 11.9 Å². The van der Waals surface area contributed by atoms with Crippen molar-refractivity contribution in [3.63, 3.8) is 0 Å². The lowest BCUT2D eigenvalue weighted by Gasteiger charge is -2.38. The van der Waals surface area contributed by atoms with E-state index in [0.717, 1.165) is 45.1 Å². The molecule has 0 unspecified atom stereocenters. The van der Waals surface area contributed by atoms with E-state index in [1.807, 2.05) is 5.01 Å². The van der Waals surface area contributed by atoms with Crippen LogP contribution in [0.3, 0.4) is 0 Å². The lowest BCUT2D eigenvalue weighted by Crippen LogP contribution is -2.50. The molecule has 3 aromatic rings. The van der Waals surface area contributed by atoms with Crippen LogP contribution in [0.2, 0.25) is 0 Å². The van der Waals surface area contributed by atoms with Crippen LogP contribution >= 0.6 is 0 Å². The highest BCUT2D eigenvalue weighted by molar-refractivity contribution is 6.03. The molecule has 0 aromatic carbocycles. The fraction of sp³-hybridized carbons (Fsp3) is 0.478. The van der Waals surface area contributed by atoms with Crippen molar-refractivity contribution in [1.29, 1.82) is 0 Å². The topological polar surface area (TPSA) is 99.5 Å². The third kappa shape index (κ3) is 4.96. The van der Waals surface area contributed by atoms with Crippen LogP contribution in [-0.2, 0) is 0 Å². The molecule has 3 N–H and O–H groups in total. The first-order valence-corrected chi connectivity index (χ1v) is 11.7. The highest BCUT2D eigenvalue weighted by Crippen LogP contribution is 2.30. The highest BCUT2D eigenvalue weighted by Gasteiger charge is 2.32. The Balaban J connectivity index is 1.36. The first-order chi connectivity index (χ1) is 16.1. The van der Waals surface area contributed by atoms with E-state index in [0.29, 0.717) is 29.2 Å². The number of hydrogen-bond acceptors (Lipinski definition) is 7. The summed E-state index contributed by atoms with van der Waals surface area (Å²) in [6, 6.07) is 7.62. The summed E-state index contributed by atoms with van der Waals surface area (Å²) in [5.41, 5.74) is 4.72. The molecule has 2 aliphatic carbocycles. The average Bonchev–Trinajstić information content (AvgIpc) is 3.53. The van der Waals surface area contributed by atoms with Gasteiger partial charge in [-0.15, -0.1) is 0 Å². The molecule has 0 spiro atoms. The highest BCUT2D eigenvalue weighted by atomic mass is 19.1. The Morgan fingerprint density at radius 2 is 1.97 bits per heavy atom. The Kier molecular flexibility index (Phi) is 6.19. The van der Waals surface area contributed by atoms with Crippen LogP contribution in [0, 0.1) is 5.95 Å². The molecule has 174 valence electrons. The number of imidazole rings is 1. The minimum absolute atomic E-state index is 0.223. The van der Waals surface area contributed by atoms with Gasteiger partial charge in [0.15, 0.2) is 11.3 Å². The van der Waals surface area contributed by atoms with Crippen molar-refractivity contribution in [3.05, 3.63) is 48.3 Å². The summed E-state index contributed by atoms with van der Waals surface area (Å²) in [6.45, 7) is 3.10. The molecule has 1 amide bonds. The summed E-state index contributed by atoms with van der Waals surface area (Å²) >= 11 is 0. The molecule has 2 saturated carbocycles. The zero-order valence-corrected chi connectivity index (χ0v) is 18.7. The van der Waals surface area contributed by atoms with Crippen LogP contribution in [0.25, 0.3) is 5.65 Å². The van der Waals surface area contributed by atoms with Gasteiger partial charge in [-0.3, -0.25) is 9.80 Å². The van der Waals surface area contributed by atoms with Crippen molar-refractivity contribution in [2.75, 3.05) is 16.9 Å². The lowest BCUT2D eigenvalue weighted by molar-refractivity contribution is 0.102. The van der Waals surface area contributed by atoms with E-state index in [2.05, 4.69) is 38.0 Å². The lowest BCUT2D eigenvalue weighted by atomic mass is 9.90. The van der Waals surface area contributed by atoms with Gasteiger partial charge in [0.2, 0.25) is 5.95 Å². The van der Waals surface area contributed by atoms with Crippen molar-refractivity contribution in [3.8, 4) is 0 Å². The summed E-state index contributed by atoms with van der Waals surface area (Å²) in [6.07, 6.45) is 9.37. The number of fused-ring (bicyclic) bond motifs is 1. The molecule has 0 aliphatic heterocycles.